The highest BCUT2D eigenvalue weighted by atomic mass is 32.1. The number of carbonyl (C=O) groups excluding carboxylic acids is 3. The van der Waals surface area contributed by atoms with Crippen molar-refractivity contribution >= 4 is 29.1 Å². The van der Waals surface area contributed by atoms with E-state index in [0.29, 0.717) is 11.3 Å². The summed E-state index contributed by atoms with van der Waals surface area (Å²) in [4.78, 5) is 37.4. The van der Waals surface area contributed by atoms with Crippen LogP contribution in [0.1, 0.15) is 21.0 Å². The van der Waals surface area contributed by atoms with Gasteiger partial charge in [-0.05, 0) is 18.6 Å². The molecule has 1 aliphatic carbocycles. The van der Waals surface area contributed by atoms with Crippen molar-refractivity contribution in [1.29, 1.82) is 0 Å². The molecule has 3 amide bonds. The van der Waals surface area contributed by atoms with Gasteiger partial charge in [0, 0.05) is 4.88 Å². The molecule has 1 aromatic rings. The Labute approximate surface area is 107 Å². The molecule has 2 fully saturated rings. The highest BCUT2D eigenvalue weighted by Crippen LogP contribution is 2.47. The van der Waals surface area contributed by atoms with Gasteiger partial charge in [-0.2, -0.15) is 0 Å². The molecule has 3 N–H and O–H groups in total. The number of piperidine rings is 1. The fourth-order valence-electron chi connectivity index (χ4n) is 2.22. The molecule has 0 aromatic carbocycles. The lowest BCUT2D eigenvalue weighted by Gasteiger charge is -2.14. The number of thiophene rings is 1. The zero-order valence-electron chi connectivity index (χ0n) is 9.38. The zero-order chi connectivity index (χ0) is 12.9. The fourth-order valence-corrected chi connectivity index (χ4v) is 3.12. The lowest BCUT2D eigenvalue weighted by Crippen LogP contribution is -2.32. The number of carbonyl (C=O) groups is 3. The molecule has 3 rings (SSSR count). The van der Waals surface area contributed by atoms with Gasteiger partial charge in [-0.3, -0.25) is 24.7 Å². The van der Waals surface area contributed by atoms with E-state index < -0.39 is 0 Å². The van der Waals surface area contributed by atoms with Crippen molar-refractivity contribution in [3.8, 4) is 0 Å². The molecule has 1 saturated carbocycles. The second-order valence-electron chi connectivity index (χ2n) is 4.45. The normalized spacial score (nSPS) is 25.3. The molecule has 0 spiro atoms. The van der Waals surface area contributed by atoms with Crippen molar-refractivity contribution in [1.82, 2.24) is 10.3 Å². The molecule has 2 atom stereocenters. The Morgan fingerprint density at radius 2 is 2.06 bits per heavy atom. The van der Waals surface area contributed by atoms with Gasteiger partial charge in [0.15, 0.2) is 0 Å². The Bertz CT molecular complexity index is 533. The van der Waals surface area contributed by atoms with Gasteiger partial charge in [0.25, 0.3) is 5.91 Å². The van der Waals surface area contributed by atoms with Crippen molar-refractivity contribution in [3.05, 3.63) is 21.9 Å². The first-order chi connectivity index (χ1) is 8.61. The summed E-state index contributed by atoms with van der Waals surface area (Å²) in [5.41, 5.74) is 2.04. The van der Waals surface area contributed by atoms with Crippen molar-refractivity contribution in [3.63, 3.8) is 0 Å². The molecule has 7 heteroatoms. The molecule has 2 aliphatic rings. The van der Waals surface area contributed by atoms with E-state index in [4.69, 9.17) is 5.84 Å². The molecule has 1 saturated heterocycles. The van der Waals surface area contributed by atoms with E-state index in [1.807, 2.05) is 5.43 Å². The monoisotopic (exact) mass is 265 g/mol. The third-order valence-corrected chi connectivity index (χ3v) is 4.36. The maximum atomic E-state index is 11.8. The summed E-state index contributed by atoms with van der Waals surface area (Å²) in [6, 6.07) is 3.37. The van der Waals surface area contributed by atoms with Crippen LogP contribution in [-0.2, 0) is 16.1 Å². The largest absolute Gasteiger partial charge is 0.289 e. The minimum absolute atomic E-state index is 0.0794. The molecule has 94 valence electrons. The Hall–Kier alpha value is -1.73. The van der Waals surface area contributed by atoms with Gasteiger partial charge < -0.3 is 0 Å². The van der Waals surface area contributed by atoms with Crippen LogP contribution in [-0.4, -0.2) is 22.6 Å². The molecule has 6 nitrogen and oxygen atoms in total. The molecule has 1 aliphatic heterocycles. The number of rotatable bonds is 3. The maximum absolute atomic E-state index is 11.8. The van der Waals surface area contributed by atoms with Crippen molar-refractivity contribution in [2.24, 2.45) is 17.7 Å². The highest BCUT2D eigenvalue weighted by Gasteiger charge is 2.58. The van der Waals surface area contributed by atoms with Crippen LogP contribution in [0.15, 0.2) is 12.1 Å². The van der Waals surface area contributed by atoms with Crippen molar-refractivity contribution in [2.75, 3.05) is 0 Å². The second kappa shape index (κ2) is 3.89. The number of hydrazine groups is 1. The van der Waals surface area contributed by atoms with E-state index in [9.17, 15) is 14.4 Å². The minimum atomic E-state index is -0.367. The summed E-state index contributed by atoms with van der Waals surface area (Å²) in [6.07, 6.45) is 0.708. The van der Waals surface area contributed by atoms with Gasteiger partial charge in [-0.15, -0.1) is 11.3 Å². The van der Waals surface area contributed by atoms with Crippen molar-refractivity contribution < 1.29 is 14.4 Å². The number of nitrogen functional groups attached to an aromatic ring is 1. The summed E-state index contributed by atoms with van der Waals surface area (Å²) in [5.74, 6) is 4.35. The van der Waals surface area contributed by atoms with Gasteiger partial charge in [0.2, 0.25) is 11.8 Å². The molecule has 2 heterocycles. The summed E-state index contributed by atoms with van der Waals surface area (Å²) in [7, 11) is 0. The summed E-state index contributed by atoms with van der Waals surface area (Å²) < 4.78 is 0. The van der Waals surface area contributed by atoms with Gasteiger partial charge in [-0.1, -0.05) is 0 Å². The van der Waals surface area contributed by atoms with E-state index in [2.05, 4.69) is 0 Å². The number of amides is 3. The average Bonchev–Trinajstić information content (AvgIpc) is 2.98. The number of nitrogens with zero attached hydrogens (tertiary/aromatic N) is 1. The third-order valence-electron chi connectivity index (χ3n) is 3.29. The van der Waals surface area contributed by atoms with Crippen LogP contribution in [0.4, 0.5) is 0 Å². The first kappa shape index (κ1) is 11.4. The molecule has 18 heavy (non-hydrogen) atoms. The van der Waals surface area contributed by atoms with E-state index in [1.165, 1.54) is 16.2 Å². The number of hydrogen-bond acceptors (Lipinski definition) is 5. The fraction of sp³-hybridized carbons (Fsp3) is 0.364. The van der Waals surface area contributed by atoms with Crippen LogP contribution in [0, 0.1) is 11.8 Å². The van der Waals surface area contributed by atoms with Crippen LogP contribution >= 0.6 is 11.3 Å². The quantitative estimate of drug-likeness (QED) is 0.344. The average molecular weight is 265 g/mol. The highest BCUT2D eigenvalue weighted by molar-refractivity contribution is 7.14. The number of hydrogen-bond donors (Lipinski definition) is 2. The Morgan fingerprint density at radius 3 is 2.67 bits per heavy atom. The van der Waals surface area contributed by atoms with E-state index >= 15 is 0 Å². The number of nitrogens with one attached hydrogen (secondary N) is 1. The molecule has 0 bridgehead atoms. The topological polar surface area (TPSA) is 92.5 Å². The molecule has 1 aromatic heterocycles. The number of nitrogens with two attached hydrogens (primary N) is 1. The van der Waals surface area contributed by atoms with Gasteiger partial charge in [0.1, 0.15) is 0 Å². The summed E-state index contributed by atoms with van der Waals surface area (Å²) in [5, 5.41) is 0. The van der Waals surface area contributed by atoms with E-state index in [0.717, 1.165) is 4.88 Å². The SMILES string of the molecule is NNC(=O)c1ccc(CN2C(=O)C3CC3C2=O)s1. The van der Waals surface area contributed by atoms with Crippen LogP contribution in [0.2, 0.25) is 0 Å². The second-order valence-corrected chi connectivity index (χ2v) is 5.62. The number of likely N-dealkylation sites (tertiary alicyclic amines) is 1. The molecular formula is C11H11N3O3S. The summed E-state index contributed by atoms with van der Waals surface area (Å²) >= 11 is 1.23. The van der Waals surface area contributed by atoms with Gasteiger partial charge in [-0.25, -0.2) is 5.84 Å². The predicted molar refractivity (Wildman–Crippen MR) is 63.1 cm³/mol. The Kier molecular flexibility index (Phi) is 2.46. The molecule has 2 unspecified atom stereocenters. The minimum Gasteiger partial charge on any atom is -0.289 e. The van der Waals surface area contributed by atoms with Crippen LogP contribution < -0.4 is 11.3 Å². The van der Waals surface area contributed by atoms with Crippen LogP contribution in [0.3, 0.4) is 0 Å². The first-order valence-electron chi connectivity index (χ1n) is 5.56. The Morgan fingerprint density at radius 1 is 1.39 bits per heavy atom. The zero-order valence-corrected chi connectivity index (χ0v) is 10.2. The van der Waals surface area contributed by atoms with Gasteiger partial charge >= 0.3 is 0 Å². The molecular weight excluding hydrogens is 254 g/mol. The maximum Gasteiger partial charge on any atom is 0.275 e. The smallest absolute Gasteiger partial charge is 0.275 e. The summed E-state index contributed by atoms with van der Waals surface area (Å²) in [6.45, 7) is 0.257. The van der Waals surface area contributed by atoms with Crippen LogP contribution in [0.25, 0.3) is 0 Å². The van der Waals surface area contributed by atoms with E-state index in [1.54, 1.807) is 12.1 Å². The lowest BCUT2D eigenvalue weighted by atomic mass is 10.3. The Balaban J connectivity index is 1.73. The van der Waals surface area contributed by atoms with Crippen molar-refractivity contribution in [2.45, 2.75) is 13.0 Å². The van der Waals surface area contributed by atoms with E-state index in [-0.39, 0.29) is 36.1 Å². The predicted octanol–water partition coefficient (Wildman–Crippen LogP) is -0.144. The number of imide groups is 1. The molecule has 0 radical (unpaired) electrons. The lowest BCUT2D eigenvalue weighted by molar-refractivity contribution is -0.141. The first-order valence-corrected chi connectivity index (χ1v) is 6.38. The van der Waals surface area contributed by atoms with Crippen LogP contribution in [0.5, 0.6) is 0 Å². The standard InChI is InChI=1S/C11H11N3O3S/c12-13-9(15)8-2-1-5(18-8)4-14-10(16)6-3-7(6)11(14)17/h1-2,6-7H,3-4,12H2,(H,13,15). The van der Waals surface area contributed by atoms with Gasteiger partial charge in [0.05, 0.1) is 23.3 Å². The number of fused-ring (bicyclic) bond motifs is 1. The third kappa shape index (κ3) is 1.63.